The van der Waals surface area contributed by atoms with Crippen LogP contribution in [-0.4, -0.2) is 29.8 Å². The second kappa shape index (κ2) is 8.45. The summed E-state index contributed by atoms with van der Waals surface area (Å²) >= 11 is 0. The molecule has 1 N–H and O–H groups in total. The highest BCUT2D eigenvalue weighted by molar-refractivity contribution is 5.15. The number of rotatable bonds is 7. The summed E-state index contributed by atoms with van der Waals surface area (Å²) in [7, 11) is 1.93. The zero-order valence-corrected chi connectivity index (χ0v) is 10.1. The van der Waals surface area contributed by atoms with E-state index >= 15 is 0 Å². The second-order valence-electron chi connectivity index (χ2n) is 3.66. The van der Waals surface area contributed by atoms with E-state index in [1.54, 1.807) is 13.0 Å². The van der Waals surface area contributed by atoms with Crippen molar-refractivity contribution in [2.45, 2.75) is 32.9 Å². The van der Waals surface area contributed by atoms with E-state index in [4.69, 9.17) is 0 Å². The Morgan fingerprint density at radius 3 is 2.60 bits per heavy atom. The predicted octanol–water partition coefficient (Wildman–Crippen LogP) is 2.73. The first kappa shape index (κ1) is 14.1. The third-order valence-electron chi connectivity index (χ3n) is 2.46. The highest BCUT2D eigenvalue weighted by Gasteiger charge is 2.04. The maximum Gasteiger partial charge on any atom is 0.104 e. The Kier molecular flexibility index (Phi) is 7.96. The maximum absolute atomic E-state index is 9.30. The fourth-order valence-corrected chi connectivity index (χ4v) is 1.15. The molecule has 0 heterocycles. The van der Waals surface area contributed by atoms with Gasteiger partial charge in [-0.25, -0.2) is 0 Å². The number of allylic oxidation sites excluding steroid dienone is 4. The van der Waals surface area contributed by atoms with Gasteiger partial charge < -0.3 is 5.11 Å². The summed E-state index contributed by atoms with van der Waals surface area (Å²) in [5.74, 6) is 0. The summed E-state index contributed by atoms with van der Waals surface area (Å²) in [5.41, 5.74) is 1.39. The molecule has 0 aliphatic carbocycles. The van der Waals surface area contributed by atoms with Crippen LogP contribution in [0, 0.1) is 0 Å². The molecule has 0 aromatic carbocycles. The molecule has 2 nitrogen and oxygen atoms in total. The van der Waals surface area contributed by atoms with E-state index in [1.165, 1.54) is 5.57 Å². The zero-order valence-electron chi connectivity index (χ0n) is 10.1. The van der Waals surface area contributed by atoms with Crippen molar-refractivity contribution in [2.75, 3.05) is 13.6 Å². The third kappa shape index (κ3) is 7.11. The lowest BCUT2D eigenvalue weighted by Gasteiger charge is -2.20. The Balaban J connectivity index is 4.05. The maximum atomic E-state index is 9.30. The second-order valence-corrected chi connectivity index (χ2v) is 3.66. The summed E-state index contributed by atoms with van der Waals surface area (Å²) in [5, 5.41) is 9.30. The fraction of sp³-hybridized carbons (Fsp3) is 0.538. The zero-order chi connectivity index (χ0) is 11.7. The Morgan fingerprint density at radius 2 is 2.13 bits per heavy atom. The Morgan fingerprint density at radius 1 is 1.47 bits per heavy atom. The Bertz CT molecular complexity index is 229. The van der Waals surface area contributed by atoms with Gasteiger partial charge in [-0.15, -0.1) is 0 Å². The first-order chi connectivity index (χ1) is 7.11. The molecule has 0 fully saturated rings. The van der Waals surface area contributed by atoms with Gasteiger partial charge in [0.05, 0.1) is 0 Å². The lowest BCUT2D eigenvalue weighted by atomic mass is 10.1. The van der Waals surface area contributed by atoms with E-state index in [0.29, 0.717) is 0 Å². The van der Waals surface area contributed by atoms with Gasteiger partial charge in [0.2, 0.25) is 0 Å². The van der Waals surface area contributed by atoms with E-state index in [1.807, 2.05) is 24.1 Å². The van der Waals surface area contributed by atoms with Gasteiger partial charge in [0.15, 0.2) is 0 Å². The molecular formula is C13H23NO. The molecule has 1 atom stereocenters. The third-order valence-corrected chi connectivity index (χ3v) is 2.46. The SMILES string of the molecule is C=C/C=C\C=C(/CC)CCN(C)C(C)O. The van der Waals surface area contributed by atoms with Crippen LogP contribution < -0.4 is 0 Å². The quantitative estimate of drug-likeness (QED) is 0.515. The van der Waals surface area contributed by atoms with Crippen molar-refractivity contribution in [3.8, 4) is 0 Å². The van der Waals surface area contributed by atoms with Crippen molar-refractivity contribution < 1.29 is 5.11 Å². The molecule has 0 radical (unpaired) electrons. The first-order valence-corrected chi connectivity index (χ1v) is 5.47. The number of aliphatic hydroxyl groups excluding tert-OH is 1. The smallest absolute Gasteiger partial charge is 0.104 e. The highest BCUT2D eigenvalue weighted by atomic mass is 16.3. The van der Waals surface area contributed by atoms with Gasteiger partial charge in [-0.3, -0.25) is 4.90 Å². The van der Waals surface area contributed by atoms with Crippen molar-refractivity contribution in [1.82, 2.24) is 4.90 Å². The van der Waals surface area contributed by atoms with Crippen molar-refractivity contribution in [1.29, 1.82) is 0 Å². The van der Waals surface area contributed by atoms with Crippen LogP contribution in [0.3, 0.4) is 0 Å². The van der Waals surface area contributed by atoms with Crippen LogP contribution in [0.25, 0.3) is 0 Å². The molecule has 0 spiro atoms. The average Bonchev–Trinajstić information content (AvgIpc) is 2.22. The number of hydrogen-bond acceptors (Lipinski definition) is 2. The fourth-order valence-electron chi connectivity index (χ4n) is 1.15. The predicted molar refractivity (Wildman–Crippen MR) is 66.6 cm³/mol. The molecule has 0 aromatic heterocycles. The van der Waals surface area contributed by atoms with Crippen LogP contribution in [0.2, 0.25) is 0 Å². The van der Waals surface area contributed by atoms with Gasteiger partial charge in [-0.05, 0) is 26.8 Å². The molecule has 86 valence electrons. The number of hydrogen-bond donors (Lipinski definition) is 1. The van der Waals surface area contributed by atoms with E-state index in [-0.39, 0.29) is 6.23 Å². The topological polar surface area (TPSA) is 23.5 Å². The summed E-state index contributed by atoms with van der Waals surface area (Å²) < 4.78 is 0. The summed E-state index contributed by atoms with van der Waals surface area (Å²) in [6.07, 6.45) is 9.51. The molecule has 1 unspecified atom stereocenters. The van der Waals surface area contributed by atoms with E-state index in [9.17, 15) is 5.11 Å². The molecule has 0 aromatic rings. The lowest BCUT2D eigenvalue weighted by Crippen LogP contribution is -2.29. The van der Waals surface area contributed by atoms with Gasteiger partial charge in [-0.2, -0.15) is 0 Å². The molecule has 0 aliphatic rings. The molecule has 0 saturated heterocycles. The monoisotopic (exact) mass is 209 g/mol. The highest BCUT2D eigenvalue weighted by Crippen LogP contribution is 2.08. The van der Waals surface area contributed by atoms with Crippen LogP contribution in [0.5, 0.6) is 0 Å². The van der Waals surface area contributed by atoms with Crippen LogP contribution in [0.1, 0.15) is 26.7 Å². The summed E-state index contributed by atoms with van der Waals surface area (Å²) in [4.78, 5) is 1.93. The largest absolute Gasteiger partial charge is 0.379 e. The first-order valence-electron chi connectivity index (χ1n) is 5.47. The van der Waals surface area contributed by atoms with Crippen LogP contribution in [-0.2, 0) is 0 Å². The molecule has 0 bridgehead atoms. The lowest BCUT2D eigenvalue weighted by molar-refractivity contribution is 0.0392. The molecule has 0 aliphatic heterocycles. The van der Waals surface area contributed by atoms with Crippen LogP contribution in [0.4, 0.5) is 0 Å². The van der Waals surface area contributed by atoms with Crippen LogP contribution >= 0.6 is 0 Å². The van der Waals surface area contributed by atoms with Crippen molar-refractivity contribution in [3.63, 3.8) is 0 Å². The van der Waals surface area contributed by atoms with Crippen molar-refractivity contribution in [2.24, 2.45) is 0 Å². The average molecular weight is 209 g/mol. The number of aliphatic hydroxyl groups is 1. The minimum Gasteiger partial charge on any atom is -0.379 e. The Hall–Kier alpha value is -0.860. The molecule has 15 heavy (non-hydrogen) atoms. The molecule has 0 saturated carbocycles. The van der Waals surface area contributed by atoms with Gasteiger partial charge in [0.25, 0.3) is 0 Å². The van der Waals surface area contributed by atoms with E-state index in [2.05, 4.69) is 19.6 Å². The summed E-state index contributed by atoms with van der Waals surface area (Å²) in [6.45, 7) is 8.45. The molecule has 2 heteroatoms. The van der Waals surface area contributed by atoms with Gasteiger partial charge >= 0.3 is 0 Å². The molecule has 0 rings (SSSR count). The van der Waals surface area contributed by atoms with Gasteiger partial charge in [0, 0.05) is 6.54 Å². The van der Waals surface area contributed by atoms with Crippen molar-refractivity contribution in [3.05, 3.63) is 36.5 Å². The summed E-state index contributed by atoms with van der Waals surface area (Å²) in [6, 6.07) is 0. The van der Waals surface area contributed by atoms with Crippen molar-refractivity contribution >= 4 is 0 Å². The molecular weight excluding hydrogens is 186 g/mol. The van der Waals surface area contributed by atoms with Crippen LogP contribution in [0.15, 0.2) is 36.5 Å². The van der Waals surface area contributed by atoms with E-state index < -0.39 is 0 Å². The Labute approximate surface area is 93.6 Å². The minimum absolute atomic E-state index is 0.369. The molecule has 0 amide bonds. The van der Waals surface area contributed by atoms with E-state index in [0.717, 1.165) is 19.4 Å². The van der Waals surface area contributed by atoms with Gasteiger partial charge in [-0.1, -0.05) is 43.4 Å². The van der Waals surface area contributed by atoms with Gasteiger partial charge in [0.1, 0.15) is 6.23 Å². The standard InChI is InChI=1S/C13H23NO/c1-5-7-8-9-13(6-2)10-11-14(4)12(3)15/h5,7-9,12,15H,1,6,10-11H2,2-4H3/b8-7-,13-9+. The normalized spacial score (nSPS) is 14.9. The minimum atomic E-state index is -0.369. The number of nitrogens with zero attached hydrogens (tertiary/aromatic N) is 1.